The minimum atomic E-state index is -0.459. The van der Waals surface area contributed by atoms with E-state index in [0.717, 1.165) is 25.3 Å². The van der Waals surface area contributed by atoms with Crippen molar-refractivity contribution in [1.29, 1.82) is 0 Å². The third-order valence-electron chi connectivity index (χ3n) is 3.99. The Bertz CT molecular complexity index is 586. The smallest absolute Gasteiger partial charge is 0.248 e. The van der Waals surface area contributed by atoms with Crippen molar-refractivity contribution in [2.45, 2.75) is 25.4 Å². The highest BCUT2D eigenvalue weighted by atomic mass is 19.1. The summed E-state index contributed by atoms with van der Waals surface area (Å²) in [6.07, 6.45) is 4.66. The predicted octanol–water partition coefficient (Wildman–Crippen LogP) is 1.94. The van der Waals surface area contributed by atoms with Gasteiger partial charge in [-0.2, -0.15) is 0 Å². The number of carbonyl (C=O) groups excluding carboxylic acids is 2. The van der Waals surface area contributed by atoms with Crippen molar-refractivity contribution >= 4 is 17.5 Å². The van der Waals surface area contributed by atoms with Crippen molar-refractivity contribution in [3.63, 3.8) is 0 Å². The van der Waals surface area contributed by atoms with Crippen LogP contribution in [0, 0.1) is 11.7 Å². The lowest BCUT2D eigenvalue weighted by Gasteiger charge is -2.22. The van der Waals surface area contributed by atoms with Crippen molar-refractivity contribution in [1.82, 2.24) is 4.90 Å². The largest absolute Gasteiger partial charge is 0.393 e. The molecular weight excluding hydrogens is 299 g/mol. The number of benzene rings is 1. The summed E-state index contributed by atoms with van der Waals surface area (Å²) < 4.78 is 12.8. The van der Waals surface area contributed by atoms with E-state index in [9.17, 15) is 19.1 Å². The van der Waals surface area contributed by atoms with Crippen LogP contribution in [0.5, 0.6) is 0 Å². The number of nitrogens with one attached hydrogen (secondary N) is 1. The monoisotopic (exact) mass is 320 g/mol. The Labute approximate surface area is 134 Å². The van der Waals surface area contributed by atoms with Crippen molar-refractivity contribution in [3.05, 3.63) is 42.2 Å². The Balaban J connectivity index is 1.82. The highest BCUT2D eigenvalue weighted by molar-refractivity contribution is 6.03. The molecule has 1 aliphatic rings. The van der Waals surface area contributed by atoms with Gasteiger partial charge in [-0.25, -0.2) is 4.39 Å². The van der Waals surface area contributed by atoms with Crippen LogP contribution in [-0.2, 0) is 9.59 Å². The normalized spacial score (nSPS) is 20.7. The summed E-state index contributed by atoms with van der Waals surface area (Å²) in [4.78, 5) is 25.2. The van der Waals surface area contributed by atoms with Crippen molar-refractivity contribution in [3.8, 4) is 0 Å². The zero-order chi connectivity index (χ0) is 16.8. The second kappa shape index (κ2) is 7.87. The molecular formula is C17H21FN2O3. The second-order valence-electron chi connectivity index (χ2n) is 5.81. The minimum Gasteiger partial charge on any atom is -0.393 e. The molecule has 0 spiro atoms. The molecule has 1 aliphatic carbocycles. The van der Waals surface area contributed by atoms with Crippen molar-refractivity contribution in [2.75, 3.05) is 18.9 Å². The Morgan fingerprint density at radius 3 is 2.61 bits per heavy atom. The van der Waals surface area contributed by atoms with E-state index in [1.807, 2.05) is 0 Å². The first kappa shape index (κ1) is 17.1. The third-order valence-corrected chi connectivity index (χ3v) is 3.99. The van der Waals surface area contributed by atoms with Crippen LogP contribution in [0.3, 0.4) is 0 Å². The Morgan fingerprint density at radius 1 is 1.30 bits per heavy atom. The average molecular weight is 320 g/mol. The van der Waals surface area contributed by atoms with Gasteiger partial charge in [-0.05, 0) is 37.1 Å². The van der Waals surface area contributed by atoms with Crippen LogP contribution in [0.15, 0.2) is 36.4 Å². The highest BCUT2D eigenvalue weighted by Crippen LogP contribution is 2.25. The number of nitrogens with zero attached hydrogens (tertiary/aromatic N) is 1. The number of hydrogen-bond donors (Lipinski definition) is 2. The predicted molar refractivity (Wildman–Crippen MR) is 85.2 cm³/mol. The first-order chi connectivity index (χ1) is 11.0. The highest BCUT2D eigenvalue weighted by Gasteiger charge is 2.26. The first-order valence-corrected chi connectivity index (χ1v) is 7.63. The number of hydrogen-bond acceptors (Lipinski definition) is 3. The molecule has 2 atom stereocenters. The number of rotatable bonds is 5. The van der Waals surface area contributed by atoms with Gasteiger partial charge in [0.25, 0.3) is 0 Å². The van der Waals surface area contributed by atoms with Crippen LogP contribution in [0.2, 0.25) is 0 Å². The molecule has 0 heterocycles. The summed E-state index contributed by atoms with van der Waals surface area (Å²) in [5.41, 5.74) is 0.455. The van der Waals surface area contributed by atoms with Gasteiger partial charge in [-0.1, -0.05) is 6.42 Å². The number of aliphatic hydroxyl groups excluding tert-OH is 1. The molecule has 0 radical (unpaired) electrons. The molecule has 1 saturated carbocycles. The quantitative estimate of drug-likeness (QED) is 0.815. The van der Waals surface area contributed by atoms with E-state index in [1.54, 1.807) is 7.05 Å². The third kappa shape index (κ3) is 5.17. The topological polar surface area (TPSA) is 69.6 Å². The van der Waals surface area contributed by atoms with Gasteiger partial charge in [-0.15, -0.1) is 0 Å². The first-order valence-electron chi connectivity index (χ1n) is 7.63. The lowest BCUT2D eigenvalue weighted by molar-refractivity contribution is -0.126. The number of carbonyl (C=O) groups is 2. The number of anilines is 1. The fourth-order valence-corrected chi connectivity index (χ4v) is 2.66. The van der Waals surface area contributed by atoms with Gasteiger partial charge in [0, 0.05) is 37.3 Å². The lowest BCUT2D eigenvalue weighted by atomic mass is 10.1. The molecule has 6 heteroatoms. The number of aliphatic hydroxyl groups is 1. The Morgan fingerprint density at radius 2 is 2.00 bits per heavy atom. The number of amides is 2. The zero-order valence-corrected chi connectivity index (χ0v) is 13.0. The van der Waals surface area contributed by atoms with E-state index in [4.69, 9.17) is 0 Å². The average Bonchev–Trinajstić information content (AvgIpc) is 2.92. The summed E-state index contributed by atoms with van der Waals surface area (Å²) in [6, 6.07) is 5.36. The van der Waals surface area contributed by atoms with Crippen LogP contribution in [0.1, 0.15) is 19.3 Å². The molecule has 2 rings (SSSR count). The van der Waals surface area contributed by atoms with Crippen molar-refractivity contribution in [2.24, 2.45) is 5.92 Å². The minimum absolute atomic E-state index is 0.102. The molecule has 1 fully saturated rings. The fraction of sp³-hybridized carbons (Fsp3) is 0.412. The standard InChI is InChI=1S/C17H21FN2O3/c1-20(11-12-3-2-4-15(12)21)17(23)10-9-16(22)19-14-7-5-13(18)6-8-14/h5-10,12,15,21H,2-4,11H2,1H3,(H,19,22)/b10-9+. The van der Waals surface area contributed by atoms with Gasteiger partial charge in [-0.3, -0.25) is 9.59 Å². The summed E-state index contributed by atoms with van der Waals surface area (Å²) in [5, 5.41) is 12.3. The van der Waals surface area contributed by atoms with Gasteiger partial charge in [0.05, 0.1) is 6.10 Å². The zero-order valence-electron chi connectivity index (χ0n) is 13.0. The molecule has 0 aromatic heterocycles. The van der Waals surface area contributed by atoms with E-state index in [-0.39, 0.29) is 23.7 Å². The van der Waals surface area contributed by atoms with Gasteiger partial charge in [0.1, 0.15) is 5.82 Å². The van der Waals surface area contributed by atoms with E-state index in [2.05, 4.69) is 5.32 Å². The second-order valence-corrected chi connectivity index (χ2v) is 5.81. The maximum atomic E-state index is 12.8. The summed E-state index contributed by atoms with van der Waals surface area (Å²) in [7, 11) is 1.65. The molecule has 2 unspecified atom stereocenters. The van der Waals surface area contributed by atoms with Crippen LogP contribution in [0.25, 0.3) is 0 Å². The molecule has 23 heavy (non-hydrogen) atoms. The summed E-state index contributed by atoms with van der Waals surface area (Å²) in [6.45, 7) is 0.476. The molecule has 2 N–H and O–H groups in total. The maximum absolute atomic E-state index is 12.8. The number of likely N-dealkylation sites (N-methyl/N-ethyl adjacent to an activating group) is 1. The maximum Gasteiger partial charge on any atom is 0.248 e. The Hall–Kier alpha value is -2.21. The molecule has 1 aromatic rings. The lowest BCUT2D eigenvalue weighted by Crippen LogP contribution is -2.33. The van der Waals surface area contributed by atoms with Gasteiger partial charge in [0.15, 0.2) is 0 Å². The van der Waals surface area contributed by atoms with Gasteiger partial charge >= 0.3 is 0 Å². The Kier molecular flexibility index (Phi) is 5.87. The molecule has 1 aromatic carbocycles. The fourth-order valence-electron chi connectivity index (χ4n) is 2.66. The molecule has 0 saturated heterocycles. The summed E-state index contributed by atoms with van der Waals surface area (Å²) >= 11 is 0. The molecule has 5 nitrogen and oxygen atoms in total. The molecule has 0 aliphatic heterocycles. The summed E-state index contributed by atoms with van der Waals surface area (Å²) in [5.74, 6) is -1.03. The van der Waals surface area contributed by atoms with E-state index in [0.29, 0.717) is 12.2 Å². The van der Waals surface area contributed by atoms with E-state index >= 15 is 0 Å². The van der Waals surface area contributed by atoms with Crippen LogP contribution in [0.4, 0.5) is 10.1 Å². The SMILES string of the molecule is CN(CC1CCCC1O)C(=O)/C=C/C(=O)Nc1ccc(F)cc1. The molecule has 2 amide bonds. The van der Waals surface area contributed by atoms with E-state index in [1.165, 1.54) is 35.2 Å². The van der Waals surface area contributed by atoms with Crippen LogP contribution >= 0.6 is 0 Å². The van der Waals surface area contributed by atoms with E-state index < -0.39 is 5.91 Å². The van der Waals surface area contributed by atoms with Crippen LogP contribution in [-0.4, -0.2) is 41.5 Å². The van der Waals surface area contributed by atoms with Crippen LogP contribution < -0.4 is 5.32 Å². The molecule has 0 bridgehead atoms. The molecule has 124 valence electrons. The van der Waals surface area contributed by atoms with Gasteiger partial charge in [0.2, 0.25) is 11.8 Å². The number of halogens is 1. The van der Waals surface area contributed by atoms with Crippen molar-refractivity contribution < 1.29 is 19.1 Å². The van der Waals surface area contributed by atoms with Gasteiger partial charge < -0.3 is 15.3 Å².